The van der Waals surface area contributed by atoms with Crippen molar-refractivity contribution in [3.05, 3.63) is 46.1 Å². The molecule has 6 nitrogen and oxygen atoms in total. The number of hydrogen-bond donors (Lipinski definition) is 1. The van der Waals surface area contributed by atoms with Crippen molar-refractivity contribution < 1.29 is 4.79 Å². The molecule has 0 spiro atoms. The molecule has 0 aromatic carbocycles. The average molecular weight is 164 g/mol. The number of carbonyl (C=O) groups excluding carboxylic acids is 1. The Bertz CT molecular complexity index is 277. The molecule has 62 valence electrons. The summed E-state index contributed by atoms with van der Waals surface area (Å²) >= 11 is 0. The van der Waals surface area contributed by atoms with Crippen LogP contribution in [0.5, 0.6) is 0 Å². The molecule has 0 fully saturated rings. The lowest BCUT2D eigenvalue weighted by Crippen LogP contribution is -2.10. The van der Waals surface area contributed by atoms with Crippen LogP contribution in [0.3, 0.4) is 0 Å². The largest absolute Gasteiger partial charge is 0.373 e. The van der Waals surface area contributed by atoms with Gasteiger partial charge in [0.15, 0.2) is 0 Å². The summed E-state index contributed by atoms with van der Waals surface area (Å²) in [6.45, 7) is 0. The van der Waals surface area contributed by atoms with E-state index in [1.165, 1.54) is 11.1 Å². The number of aromatic nitrogens is 1. The average Bonchev–Trinajstić information content (AvgIpc) is 2.07. The Morgan fingerprint density at radius 1 is 1.58 bits per heavy atom. The third-order valence-electron chi connectivity index (χ3n) is 0.946. The van der Waals surface area contributed by atoms with Gasteiger partial charge < -0.3 is 16.8 Å². The predicted octanol–water partition coefficient (Wildman–Crippen LogP) is 1.05. The monoisotopic (exact) mass is 164 g/mol. The summed E-state index contributed by atoms with van der Waals surface area (Å²) in [5.41, 5.74) is 18.9. The van der Waals surface area contributed by atoms with Crippen molar-refractivity contribution in [2.24, 2.45) is 5.73 Å². The van der Waals surface area contributed by atoms with Gasteiger partial charge in [-0.15, -0.1) is 0 Å². The van der Waals surface area contributed by atoms with Gasteiger partial charge in [0, 0.05) is 12.4 Å². The van der Waals surface area contributed by atoms with Gasteiger partial charge in [0.05, 0.1) is 5.56 Å². The van der Waals surface area contributed by atoms with Crippen molar-refractivity contribution in [2.45, 2.75) is 0 Å². The normalized spacial score (nSPS) is 7.33. The van der Waals surface area contributed by atoms with Gasteiger partial charge in [0.1, 0.15) is 0 Å². The third kappa shape index (κ3) is 3.86. The van der Waals surface area contributed by atoms with E-state index in [4.69, 9.17) is 16.8 Å². The summed E-state index contributed by atoms with van der Waals surface area (Å²) in [5.74, 6) is -0.442. The van der Waals surface area contributed by atoms with Crippen molar-refractivity contribution in [3.8, 4) is 0 Å². The number of primary amides is 1. The molecule has 0 atom stereocenters. The van der Waals surface area contributed by atoms with Crippen LogP contribution in [0.4, 0.5) is 0 Å². The van der Waals surface area contributed by atoms with E-state index in [-0.39, 0.29) is 0 Å². The smallest absolute Gasteiger partial charge is 0.250 e. The van der Waals surface area contributed by atoms with E-state index < -0.39 is 5.91 Å². The lowest BCUT2D eigenvalue weighted by Gasteiger charge is -1.88. The van der Waals surface area contributed by atoms with Crippen LogP contribution in [0.15, 0.2) is 24.5 Å². The van der Waals surface area contributed by atoms with Crippen LogP contribution in [0.1, 0.15) is 10.4 Å². The highest BCUT2D eigenvalue weighted by atomic mass is 16.1. The maximum absolute atomic E-state index is 10.4. The standard InChI is InChI=1S/C6H6N2O.N3/c7-6(9)5-2-1-3-8-4-5;1-3-2/h1-4H,(H2,7,9);/q;-1. The first-order valence-electron chi connectivity index (χ1n) is 2.90. The third-order valence-corrected chi connectivity index (χ3v) is 0.946. The molecule has 1 heterocycles. The molecule has 6 heteroatoms. The first-order chi connectivity index (χ1) is 5.72. The van der Waals surface area contributed by atoms with E-state index in [2.05, 4.69) is 4.98 Å². The minimum absolute atomic E-state index is 0.442. The van der Waals surface area contributed by atoms with Crippen molar-refractivity contribution >= 4 is 5.91 Å². The highest BCUT2D eigenvalue weighted by Crippen LogP contribution is 1.91. The van der Waals surface area contributed by atoms with Crippen LogP contribution in [0, 0.1) is 0 Å². The minimum atomic E-state index is -0.442. The molecule has 0 aliphatic heterocycles. The summed E-state index contributed by atoms with van der Waals surface area (Å²) < 4.78 is 0. The van der Waals surface area contributed by atoms with Gasteiger partial charge >= 0.3 is 0 Å². The van der Waals surface area contributed by atoms with Crippen molar-refractivity contribution in [1.29, 1.82) is 0 Å². The number of amides is 1. The Kier molecular flexibility index (Phi) is 4.71. The van der Waals surface area contributed by atoms with Gasteiger partial charge in [0.25, 0.3) is 0 Å². The summed E-state index contributed by atoms with van der Waals surface area (Å²) in [6, 6.07) is 3.29. The van der Waals surface area contributed by atoms with Gasteiger partial charge in [-0.2, -0.15) is 0 Å². The number of nitrogens with two attached hydrogens (primary N) is 1. The van der Waals surface area contributed by atoms with Crippen LogP contribution in [0.2, 0.25) is 0 Å². The number of nitrogens with zero attached hydrogens (tertiary/aromatic N) is 4. The Labute approximate surface area is 68.4 Å². The lowest BCUT2D eigenvalue weighted by molar-refractivity contribution is 0.1000. The van der Waals surface area contributed by atoms with Crippen LogP contribution in [0.25, 0.3) is 16.0 Å². The van der Waals surface area contributed by atoms with Crippen LogP contribution in [-0.4, -0.2) is 10.9 Å². The minimum Gasteiger partial charge on any atom is -0.373 e. The SMILES string of the molecule is NC(=O)c1cccnc1.[N-]=[N+]=[N-]. The molecule has 1 amide bonds. The number of carbonyl (C=O) groups is 1. The second-order valence-corrected chi connectivity index (χ2v) is 1.70. The Morgan fingerprint density at radius 2 is 2.17 bits per heavy atom. The molecule has 0 unspecified atom stereocenters. The fraction of sp³-hybridized carbons (Fsp3) is 0. The van der Waals surface area contributed by atoms with Gasteiger partial charge in [-0.3, -0.25) is 14.7 Å². The van der Waals surface area contributed by atoms with Gasteiger partial charge in [-0.25, -0.2) is 0 Å². The molecule has 12 heavy (non-hydrogen) atoms. The Balaban J connectivity index is 0.000000354. The molecule has 0 aliphatic carbocycles. The van der Waals surface area contributed by atoms with Crippen LogP contribution >= 0.6 is 0 Å². The lowest BCUT2D eigenvalue weighted by atomic mass is 10.3. The molecule has 0 radical (unpaired) electrons. The molecule has 0 bridgehead atoms. The topological polar surface area (TPSA) is 115 Å². The molecule has 0 saturated heterocycles. The maximum Gasteiger partial charge on any atom is 0.250 e. The maximum atomic E-state index is 10.4. The van der Waals surface area contributed by atoms with E-state index in [9.17, 15) is 4.79 Å². The summed E-state index contributed by atoms with van der Waals surface area (Å²) in [4.78, 5) is 15.6. The number of hydrogen-bond acceptors (Lipinski definition) is 2. The molecule has 1 aromatic rings. The van der Waals surface area contributed by atoms with E-state index in [0.29, 0.717) is 5.56 Å². The second-order valence-electron chi connectivity index (χ2n) is 1.70. The Morgan fingerprint density at radius 3 is 2.42 bits per heavy atom. The Hall–Kier alpha value is -2.07. The van der Waals surface area contributed by atoms with E-state index >= 15 is 0 Å². The first-order valence-corrected chi connectivity index (χ1v) is 2.90. The molecule has 1 aromatic heterocycles. The molecule has 0 saturated carbocycles. The number of rotatable bonds is 1. The highest BCUT2D eigenvalue weighted by molar-refractivity contribution is 5.92. The van der Waals surface area contributed by atoms with Crippen LogP contribution in [-0.2, 0) is 0 Å². The summed E-state index contributed by atoms with van der Waals surface area (Å²) in [5, 5.41) is 0. The van der Waals surface area contributed by atoms with Gasteiger partial charge in [-0.1, -0.05) is 0 Å². The van der Waals surface area contributed by atoms with Crippen molar-refractivity contribution in [2.75, 3.05) is 0 Å². The molecular formula is C6H6N5O-. The summed E-state index contributed by atoms with van der Waals surface area (Å²) in [6.07, 6.45) is 3.02. The van der Waals surface area contributed by atoms with Gasteiger partial charge in [-0.05, 0) is 12.1 Å². The highest BCUT2D eigenvalue weighted by Gasteiger charge is 1.94. The quantitative estimate of drug-likeness (QED) is 0.379. The fourth-order valence-electron chi connectivity index (χ4n) is 0.509. The van der Waals surface area contributed by atoms with Crippen LogP contribution < -0.4 is 5.73 Å². The molecule has 0 aliphatic rings. The van der Waals surface area contributed by atoms with Crippen molar-refractivity contribution in [1.82, 2.24) is 4.98 Å². The fourth-order valence-corrected chi connectivity index (χ4v) is 0.509. The predicted molar refractivity (Wildman–Crippen MR) is 42.8 cm³/mol. The zero-order valence-electron chi connectivity index (χ0n) is 6.08. The molecule has 1 rings (SSSR count). The van der Waals surface area contributed by atoms with E-state index in [0.717, 1.165) is 0 Å². The number of pyridine rings is 1. The molecular weight excluding hydrogens is 158 g/mol. The molecule has 2 N–H and O–H groups in total. The van der Waals surface area contributed by atoms with E-state index in [1.807, 2.05) is 0 Å². The second kappa shape index (κ2) is 5.70. The summed E-state index contributed by atoms with van der Waals surface area (Å²) in [7, 11) is 0. The van der Waals surface area contributed by atoms with E-state index in [1.54, 1.807) is 18.3 Å². The van der Waals surface area contributed by atoms with Gasteiger partial charge in [0.2, 0.25) is 5.91 Å². The zero-order chi connectivity index (χ0) is 9.40. The first kappa shape index (κ1) is 9.93. The zero-order valence-corrected chi connectivity index (χ0v) is 6.08. The van der Waals surface area contributed by atoms with Crippen molar-refractivity contribution in [3.63, 3.8) is 0 Å².